The van der Waals surface area contributed by atoms with Crippen molar-refractivity contribution < 1.29 is 9.13 Å². The van der Waals surface area contributed by atoms with Crippen molar-refractivity contribution in [2.45, 2.75) is 37.1 Å². The van der Waals surface area contributed by atoms with Crippen LogP contribution >= 0.6 is 0 Å². The van der Waals surface area contributed by atoms with Gasteiger partial charge in [-0.2, -0.15) is 5.26 Å². The first kappa shape index (κ1) is 12.4. The molecule has 19 heavy (non-hydrogen) atoms. The minimum Gasteiger partial charge on any atom is -0.367 e. The van der Waals surface area contributed by atoms with E-state index in [1.807, 2.05) is 6.07 Å². The standard InChI is InChI=1S/C14H16FN3O/c1-17-13-12(19-13)10-4-3-9(7-11(10)15)18-14(8-16)5-2-6-14/h3-4,7,12-13,17-18H,2,5-6H2,1H3. The lowest BCUT2D eigenvalue weighted by molar-refractivity contribution is 0.353. The van der Waals surface area contributed by atoms with Gasteiger partial charge in [0.2, 0.25) is 0 Å². The fourth-order valence-electron chi connectivity index (χ4n) is 2.48. The molecule has 2 aliphatic rings. The molecule has 5 heteroatoms. The van der Waals surface area contributed by atoms with Gasteiger partial charge in [0.05, 0.1) is 6.07 Å². The van der Waals surface area contributed by atoms with Crippen LogP contribution in [0.3, 0.4) is 0 Å². The van der Waals surface area contributed by atoms with Gasteiger partial charge in [-0.15, -0.1) is 0 Å². The van der Waals surface area contributed by atoms with Gasteiger partial charge < -0.3 is 10.1 Å². The molecule has 4 nitrogen and oxygen atoms in total. The van der Waals surface area contributed by atoms with Gasteiger partial charge in [0, 0.05) is 11.3 Å². The predicted octanol–water partition coefficient (Wildman–Crippen LogP) is 2.30. The van der Waals surface area contributed by atoms with E-state index < -0.39 is 5.54 Å². The lowest BCUT2D eigenvalue weighted by Gasteiger charge is -2.36. The molecule has 1 saturated heterocycles. The molecule has 1 aliphatic carbocycles. The summed E-state index contributed by atoms with van der Waals surface area (Å²) in [5.74, 6) is -0.292. The first-order valence-electron chi connectivity index (χ1n) is 6.49. The molecule has 0 aromatic heterocycles. The topological polar surface area (TPSA) is 60.4 Å². The molecular formula is C14H16FN3O. The highest BCUT2D eigenvalue weighted by Crippen LogP contribution is 2.39. The molecule has 100 valence electrons. The fourth-order valence-corrected chi connectivity index (χ4v) is 2.48. The van der Waals surface area contributed by atoms with Gasteiger partial charge in [-0.1, -0.05) is 6.07 Å². The lowest BCUT2D eigenvalue weighted by Crippen LogP contribution is -2.43. The van der Waals surface area contributed by atoms with Crippen molar-refractivity contribution in [3.05, 3.63) is 29.6 Å². The average molecular weight is 261 g/mol. The predicted molar refractivity (Wildman–Crippen MR) is 68.9 cm³/mol. The van der Waals surface area contributed by atoms with E-state index >= 15 is 0 Å². The van der Waals surface area contributed by atoms with Crippen LogP contribution in [0.15, 0.2) is 18.2 Å². The summed E-state index contributed by atoms with van der Waals surface area (Å²) in [6, 6.07) is 7.26. The van der Waals surface area contributed by atoms with Gasteiger partial charge in [0.25, 0.3) is 0 Å². The first-order valence-corrected chi connectivity index (χ1v) is 6.49. The Balaban J connectivity index is 1.75. The van der Waals surface area contributed by atoms with Gasteiger partial charge in [-0.05, 0) is 38.4 Å². The highest BCUT2D eigenvalue weighted by Gasteiger charge is 2.41. The van der Waals surface area contributed by atoms with E-state index in [-0.39, 0.29) is 18.1 Å². The number of epoxide rings is 1. The smallest absolute Gasteiger partial charge is 0.139 e. The summed E-state index contributed by atoms with van der Waals surface area (Å²) in [7, 11) is 1.78. The second kappa shape index (κ2) is 4.48. The fraction of sp³-hybridized carbons (Fsp3) is 0.500. The zero-order valence-electron chi connectivity index (χ0n) is 10.7. The summed E-state index contributed by atoms with van der Waals surface area (Å²) < 4.78 is 19.3. The number of halogens is 1. The van der Waals surface area contributed by atoms with Gasteiger partial charge in [0.1, 0.15) is 23.7 Å². The van der Waals surface area contributed by atoms with Crippen LogP contribution < -0.4 is 10.6 Å². The highest BCUT2D eigenvalue weighted by atomic mass is 19.1. The van der Waals surface area contributed by atoms with Crippen molar-refractivity contribution >= 4 is 5.69 Å². The quantitative estimate of drug-likeness (QED) is 0.816. The Labute approximate surface area is 111 Å². The van der Waals surface area contributed by atoms with Crippen molar-refractivity contribution in [3.63, 3.8) is 0 Å². The number of anilines is 1. The van der Waals surface area contributed by atoms with Crippen molar-refractivity contribution in [2.24, 2.45) is 0 Å². The van der Waals surface area contributed by atoms with Crippen molar-refractivity contribution in [1.82, 2.24) is 5.32 Å². The molecule has 0 bridgehead atoms. The van der Waals surface area contributed by atoms with Crippen LogP contribution in [-0.2, 0) is 4.74 Å². The minimum atomic E-state index is -0.502. The van der Waals surface area contributed by atoms with E-state index in [1.165, 1.54) is 6.07 Å². The normalized spacial score (nSPS) is 27.2. The number of nitrogens with one attached hydrogen (secondary N) is 2. The summed E-state index contributed by atoms with van der Waals surface area (Å²) in [5.41, 5.74) is 0.714. The van der Waals surface area contributed by atoms with Crippen LogP contribution in [0.1, 0.15) is 30.9 Å². The number of hydrogen-bond acceptors (Lipinski definition) is 4. The maximum absolute atomic E-state index is 14.0. The van der Waals surface area contributed by atoms with Crippen LogP contribution in [-0.4, -0.2) is 18.8 Å². The largest absolute Gasteiger partial charge is 0.367 e. The van der Waals surface area contributed by atoms with E-state index in [2.05, 4.69) is 16.7 Å². The Morgan fingerprint density at radius 1 is 1.47 bits per heavy atom. The minimum absolute atomic E-state index is 0.0922. The van der Waals surface area contributed by atoms with Crippen LogP contribution in [0.2, 0.25) is 0 Å². The molecule has 2 atom stereocenters. The Kier molecular flexibility index (Phi) is 2.92. The molecule has 1 saturated carbocycles. The highest BCUT2D eigenvalue weighted by molar-refractivity contribution is 5.51. The second-order valence-electron chi connectivity index (χ2n) is 5.17. The molecule has 1 aliphatic heterocycles. The molecule has 1 heterocycles. The van der Waals surface area contributed by atoms with E-state index in [9.17, 15) is 4.39 Å². The molecule has 0 radical (unpaired) electrons. The first-order chi connectivity index (χ1) is 9.17. The summed E-state index contributed by atoms with van der Waals surface area (Å²) >= 11 is 0. The number of benzene rings is 1. The van der Waals surface area contributed by atoms with Crippen LogP contribution in [0, 0.1) is 17.1 Å². The van der Waals surface area contributed by atoms with E-state index in [4.69, 9.17) is 10.00 Å². The van der Waals surface area contributed by atoms with E-state index in [0.717, 1.165) is 19.3 Å². The van der Waals surface area contributed by atoms with Gasteiger partial charge in [-0.25, -0.2) is 4.39 Å². The average Bonchev–Trinajstić information content (AvgIpc) is 3.13. The lowest BCUT2D eigenvalue weighted by atomic mass is 9.78. The van der Waals surface area contributed by atoms with E-state index in [1.54, 1.807) is 13.1 Å². The maximum atomic E-state index is 14.0. The molecule has 1 aromatic carbocycles. The third kappa shape index (κ3) is 2.18. The number of nitriles is 1. The SMILES string of the molecule is CNC1OC1c1ccc(NC2(C#N)CCC2)cc1F. The molecule has 1 aromatic rings. The molecule has 3 rings (SSSR count). The molecule has 2 fully saturated rings. The van der Waals surface area contributed by atoms with Gasteiger partial charge in [0.15, 0.2) is 0 Å². The summed E-state index contributed by atoms with van der Waals surface area (Å²) in [4.78, 5) is 0. The van der Waals surface area contributed by atoms with Crippen LogP contribution in [0.4, 0.5) is 10.1 Å². The summed E-state index contributed by atoms with van der Waals surface area (Å²) in [5, 5.41) is 15.2. The molecule has 0 spiro atoms. The summed E-state index contributed by atoms with van der Waals surface area (Å²) in [6.07, 6.45) is 2.39. The van der Waals surface area contributed by atoms with Gasteiger partial charge >= 0.3 is 0 Å². The van der Waals surface area contributed by atoms with Crippen molar-refractivity contribution in [1.29, 1.82) is 5.26 Å². The zero-order valence-corrected chi connectivity index (χ0v) is 10.7. The monoisotopic (exact) mass is 261 g/mol. The number of rotatable bonds is 4. The van der Waals surface area contributed by atoms with Crippen LogP contribution in [0.5, 0.6) is 0 Å². The Morgan fingerprint density at radius 2 is 2.26 bits per heavy atom. The van der Waals surface area contributed by atoms with E-state index in [0.29, 0.717) is 11.3 Å². The molecular weight excluding hydrogens is 245 g/mol. The number of hydrogen-bond donors (Lipinski definition) is 2. The third-order valence-electron chi connectivity index (χ3n) is 3.89. The Morgan fingerprint density at radius 3 is 2.74 bits per heavy atom. The number of likely N-dealkylation sites (N-methyl/N-ethyl adjacent to an activating group) is 1. The Hall–Kier alpha value is -1.64. The number of nitrogens with zero attached hydrogens (tertiary/aromatic N) is 1. The van der Waals surface area contributed by atoms with Gasteiger partial charge in [-0.3, -0.25) is 5.32 Å². The molecule has 0 amide bonds. The van der Waals surface area contributed by atoms with Crippen LogP contribution in [0.25, 0.3) is 0 Å². The van der Waals surface area contributed by atoms with Crippen molar-refractivity contribution in [2.75, 3.05) is 12.4 Å². The number of ether oxygens (including phenoxy) is 1. The summed E-state index contributed by atoms with van der Waals surface area (Å²) in [6.45, 7) is 0. The second-order valence-corrected chi connectivity index (χ2v) is 5.17. The maximum Gasteiger partial charge on any atom is 0.139 e. The molecule has 2 unspecified atom stereocenters. The molecule has 2 N–H and O–H groups in total. The van der Waals surface area contributed by atoms with Crippen molar-refractivity contribution in [3.8, 4) is 6.07 Å². The third-order valence-corrected chi connectivity index (χ3v) is 3.89. The Bertz CT molecular complexity index is 536. The zero-order chi connectivity index (χ0) is 13.5.